The molecule has 8 aromatic rings. The number of nitrogens with one attached hydrogen (secondary N) is 3. The fourth-order valence-electron chi connectivity index (χ4n) is 10.4. The fourth-order valence-corrected chi connectivity index (χ4v) is 10.4. The average Bonchev–Trinajstić information content (AvgIpc) is 4.14. The van der Waals surface area contributed by atoms with Crippen molar-refractivity contribution in [3.8, 4) is 0 Å². The van der Waals surface area contributed by atoms with Crippen LogP contribution in [0.5, 0.6) is 0 Å². The minimum Gasteiger partial charge on any atom is -0.384 e. The number of aryl methyl sites for hydroxylation is 4. The molecule has 4 unspecified atom stereocenters. The minimum atomic E-state index is -0.420. The highest BCUT2D eigenvalue weighted by atomic mass is 19.1. The Labute approximate surface area is 414 Å². The highest BCUT2D eigenvalue weighted by Gasteiger charge is 2.44. The van der Waals surface area contributed by atoms with Gasteiger partial charge < -0.3 is 36.9 Å². The van der Waals surface area contributed by atoms with E-state index in [2.05, 4.69) is 42.0 Å². The second-order valence-corrected chi connectivity index (χ2v) is 18.6. The number of hydrogen-bond acceptors (Lipinski definition) is 11. The number of anilines is 4. The van der Waals surface area contributed by atoms with Crippen LogP contribution in [-0.4, -0.2) is 31.8 Å². The van der Waals surface area contributed by atoms with E-state index in [0.29, 0.717) is 48.0 Å². The SMILES string of the molecule is Cc1cc(N)nc(C)c1CNC(=O)c1ccc2c(c1)C1OC2c2cc(Cc3ncccc3F)ccc21.Cc1cc(N)nc(C)c1CNC(=O)c1ccc2c(c1)C1OC2c2ccc(Nc3ncccc3F)cc21. The number of nitrogens with two attached hydrogens (primary N) is 2. The number of fused-ring (bicyclic) bond motifs is 16. The van der Waals surface area contributed by atoms with Crippen LogP contribution in [0.2, 0.25) is 0 Å². The van der Waals surface area contributed by atoms with Crippen LogP contribution in [0.15, 0.2) is 122 Å². The van der Waals surface area contributed by atoms with Crippen LogP contribution in [0, 0.1) is 39.3 Å². The average molecular weight is 962 g/mol. The Hall–Kier alpha value is -8.40. The first-order valence-electron chi connectivity index (χ1n) is 23.6. The molecule has 0 aliphatic carbocycles. The van der Waals surface area contributed by atoms with Gasteiger partial charge in [-0.3, -0.25) is 14.6 Å². The molecule has 4 aliphatic heterocycles. The molecule has 4 aliphatic rings. The number of amides is 2. The molecule has 8 heterocycles. The van der Waals surface area contributed by atoms with Gasteiger partial charge in [0.15, 0.2) is 11.6 Å². The highest BCUT2D eigenvalue weighted by Crippen LogP contribution is 2.56. The van der Waals surface area contributed by atoms with Crippen molar-refractivity contribution in [3.05, 3.63) is 234 Å². The topological polar surface area (TPSA) is 192 Å². The molecule has 360 valence electrons. The van der Waals surface area contributed by atoms with Crippen LogP contribution < -0.4 is 27.4 Å². The van der Waals surface area contributed by atoms with E-state index in [4.69, 9.17) is 20.9 Å². The van der Waals surface area contributed by atoms with Crippen molar-refractivity contribution < 1.29 is 27.8 Å². The maximum atomic E-state index is 14.1. The van der Waals surface area contributed by atoms with Crippen LogP contribution in [0.4, 0.5) is 31.9 Å². The zero-order chi connectivity index (χ0) is 49.9. The zero-order valence-electron chi connectivity index (χ0n) is 39.8. The molecule has 2 amide bonds. The van der Waals surface area contributed by atoms with Crippen molar-refractivity contribution in [1.82, 2.24) is 30.6 Å². The van der Waals surface area contributed by atoms with Crippen molar-refractivity contribution >= 4 is 35.0 Å². The van der Waals surface area contributed by atoms with Gasteiger partial charge in [-0.25, -0.2) is 23.7 Å². The number of pyridine rings is 4. The molecule has 4 aromatic heterocycles. The summed E-state index contributed by atoms with van der Waals surface area (Å²) in [5.74, 6) is 0.0775. The molecule has 72 heavy (non-hydrogen) atoms. The molecule has 0 saturated carbocycles. The zero-order valence-corrected chi connectivity index (χ0v) is 39.8. The number of nitrogen functional groups attached to an aromatic ring is 2. The molecule has 13 nitrogen and oxygen atoms in total. The van der Waals surface area contributed by atoms with E-state index in [1.165, 1.54) is 12.1 Å². The standard InChI is InChI=1S/C29H25FN4O2.C28H24FN5O2/c1-15-10-26(31)34-16(2)23(15)14-33-29(35)18-6-8-20-22(13-18)28-19-7-5-17(11-21(19)27(20)36-28)12-25-24(30)4-3-9-32-25;1-14-10-24(30)33-15(2)22(14)13-32-28(35)16-5-7-18-20(11-16)26-21-12-17(6-8-19(21)25(18)36-26)34-27-23(29)4-3-9-31-27/h3-11,13,27-28H,12,14H2,1-2H3,(H2,31,34)(H,33,35);3-12,25-26H,13H2,1-2H3,(H2,30,33)(H,31,34)(H,32,35). The van der Waals surface area contributed by atoms with Gasteiger partial charge >= 0.3 is 0 Å². The second-order valence-electron chi connectivity index (χ2n) is 18.6. The second kappa shape index (κ2) is 18.4. The Bertz CT molecular complexity index is 3480. The van der Waals surface area contributed by atoms with Gasteiger partial charge in [0.05, 0.1) is 5.69 Å². The van der Waals surface area contributed by atoms with E-state index in [-0.39, 0.29) is 47.9 Å². The first-order chi connectivity index (χ1) is 34.8. The van der Waals surface area contributed by atoms with Gasteiger partial charge in [0.1, 0.15) is 41.9 Å². The summed E-state index contributed by atoms with van der Waals surface area (Å²) < 4.78 is 40.7. The number of halogens is 2. The number of carbonyl (C=O) groups is 2. The number of hydrogen-bond donors (Lipinski definition) is 5. The van der Waals surface area contributed by atoms with Crippen LogP contribution in [0.25, 0.3) is 0 Å². The lowest BCUT2D eigenvalue weighted by molar-refractivity contribution is 0.0855. The molecule has 4 atom stereocenters. The van der Waals surface area contributed by atoms with E-state index in [1.54, 1.807) is 30.6 Å². The molecular weight excluding hydrogens is 913 g/mol. The first kappa shape index (κ1) is 46.0. The fraction of sp³-hybridized carbons (Fsp3) is 0.193. The summed E-state index contributed by atoms with van der Waals surface area (Å²) in [6.07, 6.45) is 2.72. The van der Waals surface area contributed by atoms with Gasteiger partial charge in [-0.05, 0) is 173 Å². The molecule has 0 radical (unpaired) electrons. The Morgan fingerprint density at radius 1 is 0.556 bits per heavy atom. The summed E-state index contributed by atoms with van der Waals surface area (Å²) in [6, 6.07) is 33.0. The summed E-state index contributed by atoms with van der Waals surface area (Å²) in [5.41, 5.74) is 28.9. The summed E-state index contributed by atoms with van der Waals surface area (Å²) >= 11 is 0. The van der Waals surface area contributed by atoms with E-state index >= 15 is 0 Å². The molecule has 4 bridgehead atoms. The summed E-state index contributed by atoms with van der Waals surface area (Å²) in [4.78, 5) is 42.8. The third-order valence-corrected chi connectivity index (χ3v) is 14.0. The lowest BCUT2D eigenvalue weighted by Crippen LogP contribution is -2.24. The third kappa shape index (κ3) is 8.45. The minimum absolute atomic E-state index is 0.149. The van der Waals surface area contributed by atoms with Gasteiger partial charge in [0.2, 0.25) is 0 Å². The van der Waals surface area contributed by atoms with E-state index in [1.807, 2.05) is 100 Å². The predicted octanol–water partition coefficient (Wildman–Crippen LogP) is 9.87. The first-order valence-corrected chi connectivity index (χ1v) is 23.6. The van der Waals surface area contributed by atoms with Crippen LogP contribution in [-0.2, 0) is 29.0 Å². The van der Waals surface area contributed by atoms with Gasteiger partial charge in [0, 0.05) is 60.1 Å². The molecule has 4 aromatic carbocycles. The predicted molar refractivity (Wildman–Crippen MR) is 268 cm³/mol. The lowest BCUT2D eigenvalue weighted by atomic mass is 9.84. The monoisotopic (exact) mass is 961 g/mol. The summed E-state index contributed by atoms with van der Waals surface area (Å²) in [5, 5.41) is 9.05. The molecule has 0 fully saturated rings. The van der Waals surface area contributed by atoms with E-state index in [9.17, 15) is 18.4 Å². The number of rotatable bonds is 10. The number of nitrogens with zero attached hydrogens (tertiary/aromatic N) is 4. The quantitative estimate of drug-likeness (QED) is 0.0877. The van der Waals surface area contributed by atoms with Crippen molar-refractivity contribution in [3.63, 3.8) is 0 Å². The van der Waals surface area contributed by atoms with E-state index in [0.717, 1.165) is 89.4 Å². The molecule has 12 rings (SSSR count). The number of ether oxygens (including phenoxy) is 2. The van der Waals surface area contributed by atoms with Crippen LogP contribution >= 0.6 is 0 Å². The number of aromatic nitrogens is 4. The Morgan fingerprint density at radius 2 is 1.03 bits per heavy atom. The van der Waals surface area contributed by atoms with Crippen molar-refractivity contribution in [2.24, 2.45) is 0 Å². The molecule has 0 saturated heterocycles. The number of carbonyl (C=O) groups excluding carboxylic acids is 2. The Kier molecular flexibility index (Phi) is 11.8. The highest BCUT2D eigenvalue weighted by molar-refractivity contribution is 5.95. The van der Waals surface area contributed by atoms with Crippen LogP contribution in [0.3, 0.4) is 0 Å². The third-order valence-electron chi connectivity index (χ3n) is 14.0. The lowest BCUT2D eigenvalue weighted by Gasteiger charge is -2.18. The summed E-state index contributed by atoms with van der Waals surface area (Å²) in [7, 11) is 0. The Balaban J connectivity index is 0.000000156. The van der Waals surface area contributed by atoms with Gasteiger partial charge in [-0.2, -0.15) is 0 Å². The molecule has 7 N–H and O–H groups in total. The summed E-state index contributed by atoms with van der Waals surface area (Å²) in [6.45, 7) is 8.45. The molecule has 0 spiro atoms. The van der Waals surface area contributed by atoms with E-state index < -0.39 is 5.82 Å². The maximum Gasteiger partial charge on any atom is 0.251 e. The van der Waals surface area contributed by atoms with Gasteiger partial charge in [-0.1, -0.05) is 36.4 Å². The van der Waals surface area contributed by atoms with Gasteiger partial charge in [0.25, 0.3) is 11.8 Å². The van der Waals surface area contributed by atoms with Crippen molar-refractivity contribution in [2.75, 3.05) is 16.8 Å². The Morgan fingerprint density at radius 3 is 1.57 bits per heavy atom. The van der Waals surface area contributed by atoms with Crippen molar-refractivity contribution in [1.29, 1.82) is 0 Å². The maximum absolute atomic E-state index is 14.1. The van der Waals surface area contributed by atoms with Crippen LogP contribution in [0.1, 0.15) is 135 Å². The smallest absolute Gasteiger partial charge is 0.251 e. The molecule has 15 heteroatoms. The largest absolute Gasteiger partial charge is 0.384 e. The number of benzene rings is 4. The van der Waals surface area contributed by atoms with Gasteiger partial charge in [-0.15, -0.1) is 0 Å². The van der Waals surface area contributed by atoms with Crippen molar-refractivity contribution in [2.45, 2.75) is 71.6 Å². The molecular formula is C57H49F2N9O4. The normalized spacial score (nSPS) is 17.0.